The first-order valence-electron chi connectivity index (χ1n) is 5.20. The van der Waals surface area contributed by atoms with Crippen molar-refractivity contribution < 1.29 is 9.59 Å². The summed E-state index contributed by atoms with van der Waals surface area (Å²) in [6.45, 7) is 11.9. The van der Waals surface area contributed by atoms with Gasteiger partial charge in [-0.05, 0) is 20.3 Å². The number of aliphatic hydroxyl groups is 1. The molecule has 0 amide bonds. The molecule has 0 aromatic heterocycles. The zero-order valence-electron chi connectivity index (χ0n) is 8.84. The SMILES string of the molecule is CCC[N+](CC)(CC)CCCO. The quantitative estimate of drug-likeness (QED) is 0.582. The predicted octanol–water partition coefficient (Wildman–Crippen LogP) is 1.64. The van der Waals surface area contributed by atoms with E-state index in [2.05, 4.69) is 20.8 Å². The molecule has 0 aliphatic rings. The van der Waals surface area contributed by atoms with Gasteiger partial charge in [-0.15, -0.1) is 0 Å². The van der Waals surface area contributed by atoms with Crippen LogP contribution in [-0.2, 0) is 0 Å². The fraction of sp³-hybridized carbons (Fsp3) is 1.00. The van der Waals surface area contributed by atoms with Crippen LogP contribution in [0.15, 0.2) is 0 Å². The molecule has 0 spiro atoms. The van der Waals surface area contributed by atoms with Crippen LogP contribution in [-0.4, -0.2) is 42.4 Å². The predicted molar refractivity (Wildman–Crippen MR) is 53.1 cm³/mol. The first-order chi connectivity index (χ1) is 5.74. The lowest BCUT2D eigenvalue weighted by Gasteiger charge is -2.36. The van der Waals surface area contributed by atoms with Gasteiger partial charge in [0.15, 0.2) is 0 Å². The number of rotatable bonds is 7. The van der Waals surface area contributed by atoms with Crippen LogP contribution in [0.5, 0.6) is 0 Å². The summed E-state index contributed by atoms with van der Waals surface area (Å²) in [4.78, 5) is 0. The Bertz CT molecular complexity index is 100. The third kappa shape index (κ3) is 3.55. The summed E-state index contributed by atoms with van der Waals surface area (Å²) in [6.07, 6.45) is 2.19. The van der Waals surface area contributed by atoms with E-state index < -0.39 is 0 Å². The molecule has 0 fully saturated rings. The Morgan fingerprint density at radius 1 is 1.00 bits per heavy atom. The van der Waals surface area contributed by atoms with Gasteiger partial charge in [0.2, 0.25) is 0 Å². The summed E-state index contributed by atoms with van der Waals surface area (Å²) in [7, 11) is 0. The van der Waals surface area contributed by atoms with Gasteiger partial charge < -0.3 is 9.59 Å². The van der Waals surface area contributed by atoms with Crippen molar-refractivity contribution in [2.45, 2.75) is 33.6 Å². The molecular formula is C10H24NO+. The minimum Gasteiger partial charge on any atom is -0.396 e. The molecule has 0 saturated heterocycles. The Hall–Kier alpha value is -0.0800. The highest BCUT2D eigenvalue weighted by molar-refractivity contribution is 4.41. The summed E-state index contributed by atoms with van der Waals surface area (Å²) in [5.74, 6) is 0. The third-order valence-electron chi connectivity index (χ3n) is 2.83. The number of hydrogen-bond acceptors (Lipinski definition) is 1. The molecule has 0 radical (unpaired) electrons. The normalized spacial score (nSPS) is 12.0. The highest BCUT2D eigenvalue weighted by Gasteiger charge is 2.20. The Morgan fingerprint density at radius 3 is 1.92 bits per heavy atom. The molecule has 2 heteroatoms. The van der Waals surface area contributed by atoms with Gasteiger partial charge in [-0.1, -0.05) is 6.92 Å². The van der Waals surface area contributed by atoms with Crippen LogP contribution in [0.1, 0.15) is 33.6 Å². The molecule has 0 aliphatic carbocycles. The van der Waals surface area contributed by atoms with E-state index in [9.17, 15) is 0 Å². The minimum absolute atomic E-state index is 0.337. The first kappa shape index (κ1) is 11.9. The molecule has 0 rings (SSSR count). The highest BCUT2D eigenvalue weighted by atomic mass is 16.3. The van der Waals surface area contributed by atoms with E-state index in [-0.39, 0.29) is 0 Å². The van der Waals surface area contributed by atoms with E-state index in [4.69, 9.17) is 5.11 Å². The fourth-order valence-corrected chi connectivity index (χ4v) is 1.85. The molecule has 0 aromatic rings. The molecule has 0 saturated carbocycles. The minimum atomic E-state index is 0.337. The van der Waals surface area contributed by atoms with Crippen molar-refractivity contribution in [2.24, 2.45) is 0 Å². The molecule has 74 valence electrons. The molecule has 1 N–H and O–H groups in total. The van der Waals surface area contributed by atoms with Crippen LogP contribution in [0.4, 0.5) is 0 Å². The first-order valence-corrected chi connectivity index (χ1v) is 5.20. The monoisotopic (exact) mass is 174 g/mol. The van der Waals surface area contributed by atoms with Crippen LogP contribution >= 0.6 is 0 Å². The topological polar surface area (TPSA) is 20.2 Å². The summed E-state index contributed by atoms with van der Waals surface area (Å²) >= 11 is 0. The van der Waals surface area contributed by atoms with Crippen LogP contribution in [0, 0.1) is 0 Å². The number of nitrogens with zero attached hydrogens (tertiary/aromatic N) is 1. The van der Waals surface area contributed by atoms with Crippen molar-refractivity contribution in [1.82, 2.24) is 0 Å². The summed E-state index contributed by atoms with van der Waals surface area (Å²) in [5, 5.41) is 8.78. The number of hydrogen-bond donors (Lipinski definition) is 1. The molecule has 0 bridgehead atoms. The highest BCUT2D eigenvalue weighted by Crippen LogP contribution is 2.08. The lowest BCUT2D eigenvalue weighted by molar-refractivity contribution is -0.925. The fourth-order valence-electron chi connectivity index (χ4n) is 1.85. The zero-order chi connectivity index (χ0) is 9.45. The maximum Gasteiger partial charge on any atom is 0.0808 e. The molecular weight excluding hydrogens is 150 g/mol. The molecule has 2 nitrogen and oxygen atoms in total. The van der Waals surface area contributed by atoms with Gasteiger partial charge >= 0.3 is 0 Å². The van der Waals surface area contributed by atoms with Gasteiger partial charge in [-0.25, -0.2) is 0 Å². The summed E-state index contributed by atoms with van der Waals surface area (Å²) in [5.41, 5.74) is 0. The molecule has 0 heterocycles. The van der Waals surface area contributed by atoms with E-state index >= 15 is 0 Å². The van der Waals surface area contributed by atoms with Crippen LogP contribution in [0.3, 0.4) is 0 Å². The molecule has 12 heavy (non-hydrogen) atoms. The van der Waals surface area contributed by atoms with Crippen molar-refractivity contribution in [2.75, 3.05) is 32.8 Å². The van der Waals surface area contributed by atoms with Gasteiger partial charge in [-0.2, -0.15) is 0 Å². The lowest BCUT2D eigenvalue weighted by atomic mass is 10.2. The van der Waals surface area contributed by atoms with Crippen molar-refractivity contribution in [1.29, 1.82) is 0 Å². The molecule has 0 atom stereocenters. The second-order valence-electron chi connectivity index (χ2n) is 3.50. The van der Waals surface area contributed by atoms with Gasteiger partial charge in [-0.3, -0.25) is 0 Å². The Kier molecular flexibility index (Phi) is 6.39. The van der Waals surface area contributed by atoms with Gasteiger partial charge in [0.25, 0.3) is 0 Å². The van der Waals surface area contributed by atoms with Crippen LogP contribution < -0.4 is 0 Å². The Labute approximate surface area is 76.8 Å². The van der Waals surface area contributed by atoms with E-state index in [1.165, 1.54) is 30.5 Å². The van der Waals surface area contributed by atoms with Crippen molar-refractivity contribution in [3.8, 4) is 0 Å². The smallest absolute Gasteiger partial charge is 0.0808 e. The largest absolute Gasteiger partial charge is 0.396 e. The van der Waals surface area contributed by atoms with Crippen molar-refractivity contribution in [3.05, 3.63) is 0 Å². The maximum atomic E-state index is 8.78. The van der Waals surface area contributed by atoms with Crippen molar-refractivity contribution >= 4 is 0 Å². The van der Waals surface area contributed by atoms with Crippen LogP contribution in [0.2, 0.25) is 0 Å². The Morgan fingerprint density at radius 2 is 1.58 bits per heavy atom. The standard InChI is InChI=1S/C10H24NO/c1-4-8-11(5-2,6-3)9-7-10-12/h12H,4-10H2,1-3H3/q+1. The summed E-state index contributed by atoms with van der Waals surface area (Å²) < 4.78 is 1.18. The Balaban J connectivity index is 3.95. The number of quaternary nitrogens is 1. The van der Waals surface area contributed by atoms with Crippen LogP contribution in [0.25, 0.3) is 0 Å². The van der Waals surface area contributed by atoms with E-state index in [0.29, 0.717) is 6.61 Å². The second-order valence-corrected chi connectivity index (χ2v) is 3.50. The lowest BCUT2D eigenvalue weighted by Crippen LogP contribution is -2.49. The van der Waals surface area contributed by atoms with Gasteiger partial charge in [0.05, 0.1) is 26.2 Å². The van der Waals surface area contributed by atoms with Gasteiger partial charge in [0, 0.05) is 13.0 Å². The van der Waals surface area contributed by atoms with Crippen molar-refractivity contribution in [3.63, 3.8) is 0 Å². The van der Waals surface area contributed by atoms with E-state index in [0.717, 1.165) is 13.0 Å². The summed E-state index contributed by atoms with van der Waals surface area (Å²) in [6, 6.07) is 0. The van der Waals surface area contributed by atoms with E-state index in [1.54, 1.807) is 0 Å². The average molecular weight is 174 g/mol. The molecule has 0 aromatic carbocycles. The average Bonchev–Trinajstić information content (AvgIpc) is 2.13. The second kappa shape index (κ2) is 6.44. The molecule has 0 aliphatic heterocycles. The number of aliphatic hydroxyl groups excluding tert-OH is 1. The maximum absolute atomic E-state index is 8.78. The molecule has 0 unspecified atom stereocenters. The zero-order valence-corrected chi connectivity index (χ0v) is 8.84. The van der Waals surface area contributed by atoms with Gasteiger partial charge in [0.1, 0.15) is 0 Å². The third-order valence-corrected chi connectivity index (χ3v) is 2.83. The van der Waals surface area contributed by atoms with E-state index in [1.807, 2.05) is 0 Å².